The highest BCUT2D eigenvalue weighted by atomic mass is 15.3. The fraction of sp³-hybridized carbons (Fsp3) is 0.375. The van der Waals surface area contributed by atoms with E-state index in [1.54, 1.807) is 6.20 Å². The minimum absolute atomic E-state index is 0.618. The van der Waals surface area contributed by atoms with Crippen molar-refractivity contribution in [3.8, 4) is 0 Å². The fourth-order valence-electron chi connectivity index (χ4n) is 1.18. The molecule has 0 bridgehead atoms. The van der Waals surface area contributed by atoms with Crippen molar-refractivity contribution in [3.63, 3.8) is 0 Å². The van der Waals surface area contributed by atoms with E-state index in [9.17, 15) is 0 Å². The summed E-state index contributed by atoms with van der Waals surface area (Å²) in [6.45, 7) is 3.25. The normalized spacial score (nSPS) is 21.9. The van der Waals surface area contributed by atoms with E-state index in [2.05, 4.69) is 16.8 Å². The second-order valence-corrected chi connectivity index (χ2v) is 2.92. The average Bonchev–Trinajstić information content (AvgIpc) is 2.68. The van der Waals surface area contributed by atoms with Gasteiger partial charge in [-0.2, -0.15) is 0 Å². The van der Waals surface area contributed by atoms with Crippen LogP contribution in [0.25, 0.3) is 0 Å². The van der Waals surface area contributed by atoms with Crippen LogP contribution < -0.4 is 10.6 Å². The van der Waals surface area contributed by atoms with Crippen LogP contribution in [0.3, 0.4) is 0 Å². The van der Waals surface area contributed by atoms with E-state index in [1.807, 2.05) is 12.1 Å². The molecular formula is C8H11N3. The Kier molecular flexibility index (Phi) is 1.24. The Bertz CT molecular complexity index is 272. The minimum Gasteiger partial charge on any atom is -0.396 e. The standard InChI is InChI=1S/C8H11N3/c1-6-5-11(6)8-7(9)3-2-4-10-8/h2-4,6H,5,9H2,1H3. The first-order valence-corrected chi connectivity index (χ1v) is 3.76. The number of aromatic nitrogens is 1. The van der Waals surface area contributed by atoms with Gasteiger partial charge in [-0.3, -0.25) is 0 Å². The number of anilines is 2. The zero-order valence-corrected chi connectivity index (χ0v) is 6.49. The lowest BCUT2D eigenvalue weighted by Crippen LogP contribution is -2.01. The van der Waals surface area contributed by atoms with Crippen LogP contribution >= 0.6 is 0 Å². The molecule has 2 heterocycles. The first-order chi connectivity index (χ1) is 5.29. The molecule has 0 saturated carbocycles. The maximum atomic E-state index is 5.72. The molecule has 3 heteroatoms. The van der Waals surface area contributed by atoms with Crippen molar-refractivity contribution in [1.29, 1.82) is 0 Å². The van der Waals surface area contributed by atoms with Crippen LogP contribution in [-0.2, 0) is 0 Å². The third-order valence-corrected chi connectivity index (χ3v) is 1.95. The summed E-state index contributed by atoms with van der Waals surface area (Å²) >= 11 is 0. The van der Waals surface area contributed by atoms with Gasteiger partial charge in [-0.05, 0) is 19.1 Å². The number of nitrogens with two attached hydrogens (primary N) is 1. The fourth-order valence-corrected chi connectivity index (χ4v) is 1.18. The first kappa shape index (κ1) is 6.46. The van der Waals surface area contributed by atoms with Gasteiger partial charge in [0.25, 0.3) is 0 Å². The van der Waals surface area contributed by atoms with Crippen molar-refractivity contribution in [2.45, 2.75) is 13.0 Å². The smallest absolute Gasteiger partial charge is 0.152 e. The molecule has 1 aromatic rings. The number of hydrogen-bond acceptors (Lipinski definition) is 3. The Hall–Kier alpha value is -1.25. The molecule has 0 radical (unpaired) electrons. The third kappa shape index (κ3) is 1.02. The summed E-state index contributed by atoms with van der Waals surface area (Å²) in [6, 6.07) is 4.35. The molecule has 1 aliphatic heterocycles. The molecule has 11 heavy (non-hydrogen) atoms. The Labute approximate surface area is 65.8 Å². The van der Waals surface area contributed by atoms with E-state index in [4.69, 9.17) is 5.73 Å². The van der Waals surface area contributed by atoms with Crippen molar-refractivity contribution in [3.05, 3.63) is 18.3 Å². The lowest BCUT2D eigenvalue weighted by Gasteiger charge is -2.04. The maximum absolute atomic E-state index is 5.72. The van der Waals surface area contributed by atoms with Crippen molar-refractivity contribution >= 4 is 11.5 Å². The zero-order chi connectivity index (χ0) is 7.84. The van der Waals surface area contributed by atoms with Gasteiger partial charge in [0, 0.05) is 18.8 Å². The first-order valence-electron chi connectivity index (χ1n) is 3.76. The van der Waals surface area contributed by atoms with Gasteiger partial charge in [0.1, 0.15) is 0 Å². The molecule has 1 aromatic heterocycles. The monoisotopic (exact) mass is 149 g/mol. The largest absolute Gasteiger partial charge is 0.396 e. The summed E-state index contributed by atoms with van der Waals surface area (Å²) in [7, 11) is 0. The number of hydrogen-bond donors (Lipinski definition) is 1. The summed E-state index contributed by atoms with van der Waals surface area (Å²) in [4.78, 5) is 6.37. The van der Waals surface area contributed by atoms with E-state index >= 15 is 0 Å². The van der Waals surface area contributed by atoms with E-state index in [0.717, 1.165) is 18.1 Å². The van der Waals surface area contributed by atoms with Crippen LogP contribution in [-0.4, -0.2) is 17.6 Å². The zero-order valence-electron chi connectivity index (χ0n) is 6.49. The average molecular weight is 149 g/mol. The molecule has 1 aliphatic rings. The number of nitrogens with zero attached hydrogens (tertiary/aromatic N) is 2. The van der Waals surface area contributed by atoms with Crippen LogP contribution in [0.15, 0.2) is 18.3 Å². The van der Waals surface area contributed by atoms with Gasteiger partial charge in [-0.1, -0.05) is 0 Å². The van der Waals surface area contributed by atoms with E-state index < -0.39 is 0 Å². The highest BCUT2D eigenvalue weighted by molar-refractivity contribution is 5.65. The van der Waals surface area contributed by atoms with Crippen LogP contribution in [0.4, 0.5) is 11.5 Å². The Morgan fingerprint density at radius 2 is 2.45 bits per heavy atom. The lowest BCUT2D eigenvalue weighted by molar-refractivity contribution is 1.11. The Balaban J connectivity index is 2.31. The van der Waals surface area contributed by atoms with Crippen LogP contribution in [0, 0.1) is 0 Å². The number of pyridine rings is 1. The van der Waals surface area contributed by atoms with Gasteiger partial charge in [0.05, 0.1) is 5.69 Å². The van der Waals surface area contributed by atoms with E-state index in [-0.39, 0.29) is 0 Å². The molecule has 0 aliphatic carbocycles. The number of nitrogen functional groups attached to an aromatic ring is 1. The van der Waals surface area contributed by atoms with Crippen molar-refractivity contribution in [2.75, 3.05) is 17.2 Å². The minimum atomic E-state index is 0.618. The predicted octanol–water partition coefficient (Wildman–Crippen LogP) is 0.872. The molecule has 1 saturated heterocycles. The molecular weight excluding hydrogens is 138 g/mol. The second kappa shape index (κ2) is 2.12. The summed E-state index contributed by atoms with van der Waals surface area (Å²) in [5.74, 6) is 0.931. The highest BCUT2D eigenvalue weighted by Gasteiger charge is 2.31. The summed E-state index contributed by atoms with van der Waals surface area (Å²) < 4.78 is 0. The summed E-state index contributed by atoms with van der Waals surface area (Å²) in [6.07, 6.45) is 1.77. The maximum Gasteiger partial charge on any atom is 0.152 e. The Morgan fingerprint density at radius 1 is 1.73 bits per heavy atom. The molecule has 1 fully saturated rings. The number of rotatable bonds is 1. The van der Waals surface area contributed by atoms with Crippen molar-refractivity contribution < 1.29 is 0 Å². The van der Waals surface area contributed by atoms with E-state index in [1.165, 1.54) is 0 Å². The molecule has 1 unspecified atom stereocenters. The molecule has 1 atom stereocenters. The molecule has 2 N–H and O–H groups in total. The van der Waals surface area contributed by atoms with Crippen molar-refractivity contribution in [2.24, 2.45) is 0 Å². The Morgan fingerprint density at radius 3 is 3.00 bits per heavy atom. The molecule has 2 rings (SSSR count). The highest BCUT2D eigenvalue weighted by Crippen LogP contribution is 2.29. The predicted molar refractivity (Wildman–Crippen MR) is 45.5 cm³/mol. The van der Waals surface area contributed by atoms with Gasteiger partial charge in [-0.15, -0.1) is 0 Å². The van der Waals surface area contributed by atoms with Crippen LogP contribution in [0.5, 0.6) is 0 Å². The molecule has 0 amide bonds. The van der Waals surface area contributed by atoms with Crippen LogP contribution in [0.1, 0.15) is 6.92 Å². The summed E-state index contributed by atoms with van der Waals surface area (Å²) in [5, 5.41) is 0. The molecule has 0 spiro atoms. The van der Waals surface area contributed by atoms with E-state index in [0.29, 0.717) is 6.04 Å². The van der Waals surface area contributed by atoms with Gasteiger partial charge < -0.3 is 10.6 Å². The summed E-state index contributed by atoms with van der Waals surface area (Å²) in [5.41, 5.74) is 6.49. The SMILES string of the molecule is CC1CN1c1ncccc1N. The molecule has 0 aromatic carbocycles. The topological polar surface area (TPSA) is 41.9 Å². The van der Waals surface area contributed by atoms with Crippen LogP contribution in [0.2, 0.25) is 0 Å². The van der Waals surface area contributed by atoms with Gasteiger partial charge in [-0.25, -0.2) is 4.98 Å². The van der Waals surface area contributed by atoms with Crippen molar-refractivity contribution in [1.82, 2.24) is 4.98 Å². The van der Waals surface area contributed by atoms with Gasteiger partial charge >= 0.3 is 0 Å². The quantitative estimate of drug-likeness (QED) is 0.602. The molecule has 3 nitrogen and oxygen atoms in total. The van der Waals surface area contributed by atoms with Gasteiger partial charge in [0.15, 0.2) is 5.82 Å². The molecule has 58 valence electrons. The van der Waals surface area contributed by atoms with Gasteiger partial charge in [0.2, 0.25) is 0 Å². The third-order valence-electron chi connectivity index (χ3n) is 1.95. The lowest BCUT2D eigenvalue weighted by atomic mass is 10.4. The second-order valence-electron chi connectivity index (χ2n) is 2.92.